The summed E-state index contributed by atoms with van der Waals surface area (Å²) in [5.74, 6) is 0.774. The van der Waals surface area contributed by atoms with Crippen LogP contribution >= 0.6 is 0 Å². The van der Waals surface area contributed by atoms with Crippen LogP contribution in [0.15, 0.2) is 17.4 Å². The SMILES string of the molecule is CN(C)C(=O)CN=C(NC1CC1)N(C)Cc1cnn(C)c1. The molecule has 1 amide bonds. The first-order valence-electron chi connectivity index (χ1n) is 7.15. The highest BCUT2D eigenvalue weighted by molar-refractivity contribution is 5.85. The largest absolute Gasteiger partial charge is 0.353 e. The first kappa shape index (κ1) is 15.3. The number of carbonyl (C=O) groups is 1. The van der Waals surface area contributed by atoms with Gasteiger partial charge in [0.25, 0.3) is 0 Å². The van der Waals surface area contributed by atoms with Gasteiger partial charge in [-0.05, 0) is 12.8 Å². The average Bonchev–Trinajstić information content (AvgIpc) is 3.16. The molecule has 1 N–H and O–H groups in total. The molecule has 1 aromatic heterocycles. The van der Waals surface area contributed by atoms with Crippen molar-refractivity contribution < 1.29 is 4.79 Å². The monoisotopic (exact) mass is 292 g/mol. The van der Waals surface area contributed by atoms with E-state index in [1.165, 1.54) is 12.8 Å². The van der Waals surface area contributed by atoms with E-state index in [2.05, 4.69) is 15.4 Å². The van der Waals surface area contributed by atoms with Crippen molar-refractivity contribution in [2.75, 3.05) is 27.7 Å². The van der Waals surface area contributed by atoms with E-state index in [4.69, 9.17) is 0 Å². The Morgan fingerprint density at radius 2 is 2.19 bits per heavy atom. The van der Waals surface area contributed by atoms with Gasteiger partial charge in [0.15, 0.2) is 5.96 Å². The Kier molecular flexibility index (Phi) is 4.82. The van der Waals surface area contributed by atoms with Gasteiger partial charge in [0.2, 0.25) is 5.91 Å². The summed E-state index contributed by atoms with van der Waals surface area (Å²) in [5, 5.41) is 7.56. The van der Waals surface area contributed by atoms with E-state index < -0.39 is 0 Å². The van der Waals surface area contributed by atoms with E-state index in [-0.39, 0.29) is 12.5 Å². The summed E-state index contributed by atoms with van der Waals surface area (Å²) in [4.78, 5) is 19.7. The van der Waals surface area contributed by atoms with E-state index >= 15 is 0 Å². The predicted molar refractivity (Wildman–Crippen MR) is 81.8 cm³/mol. The minimum atomic E-state index is -0.000116. The highest BCUT2D eigenvalue weighted by atomic mass is 16.2. The van der Waals surface area contributed by atoms with Gasteiger partial charge in [0.05, 0.1) is 6.20 Å². The molecule has 7 heteroatoms. The molecule has 0 saturated heterocycles. The molecule has 0 aliphatic heterocycles. The molecule has 2 rings (SSSR count). The minimum Gasteiger partial charge on any atom is -0.353 e. The topological polar surface area (TPSA) is 65.8 Å². The summed E-state index contributed by atoms with van der Waals surface area (Å²) < 4.78 is 1.78. The fourth-order valence-electron chi connectivity index (χ4n) is 1.87. The first-order valence-corrected chi connectivity index (χ1v) is 7.15. The lowest BCUT2D eigenvalue weighted by molar-refractivity contribution is -0.127. The molecule has 1 aromatic rings. The van der Waals surface area contributed by atoms with Crippen molar-refractivity contribution in [1.29, 1.82) is 0 Å². The van der Waals surface area contributed by atoms with Crippen LogP contribution in [-0.4, -0.2) is 65.2 Å². The van der Waals surface area contributed by atoms with Gasteiger partial charge in [0.1, 0.15) is 6.54 Å². The Bertz CT molecular complexity index is 517. The number of aromatic nitrogens is 2. The number of nitrogens with zero attached hydrogens (tertiary/aromatic N) is 5. The van der Waals surface area contributed by atoms with Crippen molar-refractivity contribution in [3.8, 4) is 0 Å². The normalized spacial score (nSPS) is 15.0. The second-order valence-corrected chi connectivity index (χ2v) is 5.72. The zero-order chi connectivity index (χ0) is 15.4. The van der Waals surface area contributed by atoms with Crippen molar-refractivity contribution in [3.05, 3.63) is 18.0 Å². The summed E-state index contributed by atoms with van der Waals surface area (Å²) in [7, 11) is 7.36. The van der Waals surface area contributed by atoms with Crippen molar-refractivity contribution in [2.24, 2.45) is 12.0 Å². The van der Waals surface area contributed by atoms with Gasteiger partial charge in [-0.25, -0.2) is 4.99 Å². The maximum Gasteiger partial charge on any atom is 0.243 e. The third-order valence-electron chi connectivity index (χ3n) is 3.31. The number of aryl methyl sites for hydroxylation is 1. The van der Waals surface area contributed by atoms with Crippen LogP contribution in [0.2, 0.25) is 0 Å². The fraction of sp³-hybridized carbons (Fsp3) is 0.643. The molecule has 7 nitrogen and oxygen atoms in total. The van der Waals surface area contributed by atoms with Crippen molar-refractivity contribution in [2.45, 2.75) is 25.4 Å². The Balaban J connectivity index is 1.99. The van der Waals surface area contributed by atoms with E-state index in [0.29, 0.717) is 12.6 Å². The lowest BCUT2D eigenvalue weighted by Crippen LogP contribution is -2.40. The van der Waals surface area contributed by atoms with Crippen LogP contribution in [-0.2, 0) is 18.4 Å². The quantitative estimate of drug-likeness (QED) is 0.615. The van der Waals surface area contributed by atoms with Gasteiger partial charge >= 0.3 is 0 Å². The third kappa shape index (κ3) is 4.77. The molecule has 1 heterocycles. The summed E-state index contributed by atoms with van der Waals surface area (Å²) in [6.07, 6.45) is 6.16. The van der Waals surface area contributed by atoms with E-state index in [1.54, 1.807) is 23.7 Å². The number of nitrogens with one attached hydrogen (secondary N) is 1. The molecular formula is C14H24N6O. The lowest BCUT2D eigenvalue weighted by Gasteiger charge is -2.22. The third-order valence-corrected chi connectivity index (χ3v) is 3.31. The van der Waals surface area contributed by atoms with Crippen molar-refractivity contribution >= 4 is 11.9 Å². The average molecular weight is 292 g/mol. The number of amides is 1. The summed E-state index contributed by atoms with van der Waals surface area (Å²) >= 11 is 0. The van der Waals surface area contributed by atoms with E-state index in [9.17, 15) is 4.79 Å². The van der Waals surface area contributed by atoms with Crippen LogP contribution in [0.4, 0.5) is 0 Å². The Hall–Kier alpha value is -2.05. The lowest BCUT2D eigenvalue weighted by atomic mass is 10.3. The summed E-state index contributed by atoms with van der Waals surface area (Å²) in [6.45, 7) is 0.877. The van der Waals surface area contributed by atoms with Crippen LogP contribution in [0.1, 0.15) is 18.4 Å². The van der Waals surface area contributed by atoms with Crippen LogP contribution in [0.5, 0.6) is 0 Å². The predicted octanol–water partition coefficient (Wildman–Crippen LogP) is 0.0481. The van der Waals surface area contributed by atoms with Crippen LogP contribution in [0, 0.1) is 0 Å². The highest BCUT2D eigenvalue weighted by Crippen LogP contribution is 2.19. The van der Waals surface area contributed by atoms with Gasteiger partial charge in [-0.15, -0.1) is 0 Å². The molecule has 21 heavy (non-hydrogen) atoms. The Morgan fingerprint density at radius 1 is 1.48 bits per heavy atom. The van der Waals surface area contributed by atoms with Gasteiger partial charge < -0.3 is 15.1 Å². The minimum absolute atomic E-state index is 0.000116. The Morgan fingerprint density at radius 3 is 2.71 bits per heavy atom. The van der Waals surface area contributed by atoms with E-state index in [1.807, 2.05) is 31.4 Å². The molecule has 0 radical (unpaired) electrons. The molecular weight excluding hydrogens is 268 g/mol. The molecule has 0 unspecified atom stereocenters. The molecule has 1 aliphatic carbocycles. The van der Waals surface area contributed by atoms with Gasteiger partial charge in [-0.1, -0.05) is 0 Å². The summed E-state index contributed by atoms with van der Waals surface area (Å²) in [6, 6.07) is 0.495. The molecule has 0 spiro atoms. The molecule has 1 saturated carbocycles. The number of hydrogen-bond donors (Lipinski definition) is 1. The van der Waals surface area contributed by atoms with Crippen LogP contribution in [0.25, 0.3) is 0 Å². The molecule has 1 fully saturated rings. The van der Waals surface area contributed by atoms with Gasteiger partial charge in [-0.3, -0.25) is 9.48 Å². The number of aliphatic imine (C=N–C) groups is 1. The number of likely N-dealkylation sites (N-methyl/N-ethyl adjacent to an activating group) is 1. The molecule has 0 bridgehead atoms. The van der Waals surface area contributed by atoms with Crippen LogP contribution < -0.4 is 5.32 Å². The van der Waals surface area contributed by atoms with Crippen molar-refractivity contribution in [3.63, 3.8) is 0 Å². The maximum absolute atomic E-state index is 11.7. The maximum atomic E-state index is 11.7. The zero-order valence-corrected chi connectivity index (χ0v) is 13.2. The number of carbonyl (C=O) groups excluding carboxylic acids is 1. The van der Waals surface area contributed by atoms with Gasteiger partial charge in [0, 0.05) is 52.5 Å². The summed E-state index contributed by atoms with van der Waals surface area (Å²) in [5.41, 5.74) is 1.12. The number of rotatable bonds is 5. The smallest absolute Gasteiger partial charge is 0.243 e. The first-order chi connectivity index (χ1) is 9.95. The Labute approximate surface area is 125 Å². The second-order valence-electron chi connectivity index (χ2n) is 5.72. The number of guanidine groups is 1. The molecule has 0 aromatic carbocycles. The second kappa shape index (κ2) is 6.60. The van der Waals surface area contributed by atoms with Gasteiger partial charge in [-0.2, -0.15) is 5.10 Å². The standard InChI is InChI=1S/C14H24N6O/c1-18(2)13(21)8-15-14(17-12-5-6-12)19(3)9-11-7-16-20(4)10-11/h7,10,12H,5-6,8-9H2,1-4H3,(H,15,17). The zero-order valence-electron chi connectivity index (χ0n) is 13.2. The molecule has 116 valence electrons. The fourth-order valence-corrected chi connectivity index (χ4v) is 1.87. The molecule has 0 atom stereocenters. The van der Waals surface area contributed by atoms with Crippen molar-refractivity contribution in [1.82, 2.24) is 24.9 Å². The number of hydrogen-bond acceptors (Lipinski definition) is 3. The highest BCUT2D eigenvalue weighted by Gasteiger charge is 2.24. The van der Waals surface area contributed by atoms with E-state index in [0.717, 1.165) is 11.5 Å². The molecule has 1 aliphatic rings. The van der Waals surface area contributed by atoms with Crippen LogP contribution in [0.3, 0.4) is 0 Å².